The maximum Gasteiger partial charge on any atom is 0.258 e. The largest absolute Gasteiger partial charge is 0.379 e. The van der Waals surface area contributed by atoms with Crippen LogP contribution in [-0.4, -0.2) is 68.0 Å². The number of aromatic nitrogens is 2. The van der Waals surface area contributed by atoms with Crippen molar-refractivity contribution in [2.75, 3.05) is 49.6 Å². The number of anilines is 2. The molecule has 182 valence electrons. The number of hydrogen-bond donors (Lipinski definition) is 1. The van der Waals surface area contributed by atoms with E-state index in [4.69, 9.17) is 4.74 Å². The summed E-state index contributed by atoms with van der Waals surface area (Å²) in [4.78, 5) is 24.1. The van der Waals surface area contributed by atoms with Crippen LogP contribution in [0.1, 0.15) is 23.2 Å². The Hall–Kier alpha value is -3.34. The maximum atomic E-state index is 13.2. The molecule has 1 amide bonds. The van der Waals surface area contributed by atoms with E-state index >= 15 is 0 Å². The first-order valence-electron chi connectivity index (χ1n) is 11.7. The van der Waals surface area contributed by atoms with Gasteiger partial charge in [0, 0.05) is 44.1 Å². The number of ether oxygens (including phenoxy) is 1. The zero-order valence-corrected chi connectivity index (χ0v) is 20.1. The summed E-state index contributed by atoms with van der Waals surface area (Å²) in [6.45, 7) is 3.06. The van der Waals surface area contributed by atoms with Crippen molar-refractivity contribution >= 4 is 27.3 Å². The molecular weight excluding hydrogens is 466 g/mol. The van der Waals surface area contributed by atoms with Gasteiger partial charge in [-0.3, -0.25) is 4.79 Å². The molecule has 0 unspecified atom stereocenters. The molecule has 2 aliphatic heterocycles. The third kappa shape index (κ3) is 5.04. The second-order valence-electron chi connectivity index (χ2n) is 8.51. The summed E-state index contributed by atoms with van der Waals surface area (Å²) in [5.41, 5.74) is 2.41. The number of nitrogens with zero attached hydrogens (tertiary/aromatic N) is 4. The molecule has 1 aromatic heterocycles. The summed E-state index contributed by atoms with van der Waals surface area (Å²) in [5.74, 6) is 0.129. The fourth-order valence-corrected chi connectivity index (χ4v) is 5.76. The van der Waals surface area contributed by atoms with Crippen molar-refractivity contribution in [2.45, 2.75) is 17.7 Å². The number of rotatable bonds is 6. The topological polar surface area (TPSA) is 105 Å². The molecule has 0 saturated carbocycles. The summed E-state index contributed by atoms with van der Waals surface area (Å²) in [6.07, 6.45) is 5.06. The monoisotopic (exact) mass is 493 g/mol. The Bertz CT molecular complexity index is 1290. The Kier molecular flexibility index (Phi) is 6.76. The van der Waals surface area contributed by atoms with Crippen molar-refractivity contribution in [3.05, 3.63) is 66.5 Å². The molecule has 35 heavy (non-hydrogen) atoms. The van der Waals surface area contributed by atoms with E-state index in [1.165, 1.54) is 16.7 Å². The molecule has 0 atom stereocenters. The third-order valence-electron chi connectivity index (χ3n) is 6.22. The maximum absolute atomic E-state index is 13.2. The Balaban J connectivity index is 1.43. The predicted octanol–water partition coefficient (Wildman–Crippen LogP) is 3.02. The van der Waals surface area contributed by atoms with Crippen LogP contribution in [0.3, 0.4) is 0 Å². The lowest BCUT2D eigenvalue weighted by Crippen LogP contribution is -2.40. The summed E-state index contributed by atoms with van der Waals surface area (Å²) >= 11 is 0. The molecule has 2 saturated heterocycles. The molecule has 0 radical (unpaired) electrons. The average Bonchev–Trinajstić information content (AvgIpc) is 3.45. The van der Waals surface area contributed by atoms with Gasteiger partial charge in [-0.15, -0.1) is 0 Å². The molecule has 2 fully saturated rings. The molecule has 3 heterocycles. The third-order valence-corrected chi connectivity index (χ3v) is 8.11. The fraction of sp³-hybridized carbons (Fsp3) is 0.320. The van der Waals surface area contributed by atoms with Gasteiger partial charge in [0.15, 0.2) is 5.82 Å². The molecule has 1 N–H and O–H groups in total. The SMILES string of the molecule is O=C(Nc1cc(S(=O)(=O)N2CCOCC2)ccc1N1CCCC1)c1cnc(-c2ccccc2)nc1. The highest BCUT2D eigenvalue weighted by Gasteiger charge is 2.28. The van der Waals surface area contributed by atoms with Crippen molar-refractivity contribution < 1.29 is 17.9 Å². The second-order valence-corrected chi connectivity index (χ2v) is 10.4. The first-order chi connectivity index (χ1) is 17.0. The predicted molar refractivity (Wildman–Crippen MR) is 133 cm³/mol. The van der Waals surface area contributed by atoms with Crippen LogP contribution in [0.4, 0.5) is 11.4 Å². The normalized spacial score (nSPS) is 16.9. The number of benzene rings is 2. The lowest BCUT2D eigenvalue weighted by Gasteiger charge is -2.27. The summed E-state index contributed by atoms with van der Waals surface area (Å²) in [7, 11) is -3.70. The highest BCUT2D eigenvalue weighted by Crippen LogP contribution is 2.33. The Labute approximate surface area is 204 Å². The van der Waals surface area contributed by atoms with Gasteiger partial charge in [-0.1, -0.05) is 30.3 Å². The Morgan fingerprint density at radius 3 is 2.29 bits per heavy atom. The van der Waals surface area contributed by atoms with Gasteiger partial charge < -0.3 is 15.0 Å². The van der Waals surface area contributed by atoms with Gasteiger partial charge in [-0.05, 0) is 31.0 Å². The molecule has 0 spiro atoms. The smallest absolute Gasteiger partial charge is 0.258 e. The van der Waals surface area contributed by atoms with E-state index in [1.807, 2.05) is 30.3 Å². The first kappa shape index (κ1) is 23.4. The minimum Gasteiger partial charge on any atom is -0.379 e. The van der Waals surface area contributed by atoms with Crippen molar-refractivity contribution in [1.29, 1.82) is 0 Å². The lowest BCUT2D eigenvalue weighted by atomic mass is 10.2. The Morgan fingerprint density at radius 2 is 1.60 bits per heavy atom. The van der Waals surface area contributed by atoms with Crippen molar-refractivity contribution in [2.24, 2.45) is 0 Å². The number of carbonyl (C=O) groups excluding carboxylic acids is 1. The fourth-order valence-electron chi connectivity index (χ4n) is 4.32. The summed E-state index contributed by atoms with van der Waals surface area (Å²) in [6, 6.07) is 14.5. The molecular formula is C25H27N5O4S. The van der Waals surface area contributed by atoms with Crippen LogP contribution in [0, 0.1) is 0 Å². The van der Waals surface area contributed by atoms with E-state index in [2.05, 4.69) is 20.2 Å². The van der Waals surface area contributed by atoms with Crippen LogP contribution in [0.15, 0.2) is 65.8 Å². The summed E-state index contributed by atoms with van der Waals surface area (Å²) in [5, 5.41) is 2.91. The van der Waals surface area contributed by atoms with Crippen LogP contribution in [0.5, 0.6) is 0 Å². The van der Waals surface area contributed by atoms with E-state index in [0.29, 0.717) is 43.4 Å². The molecule has 9 nitrogen and oxygen atoms in total. The van der Waals surface area contributed by atoms with E-state index in [1.54, 1.807) is 18.2 Å². The highest BCUT2D eigenvalue weighted by molar-refractivity contribution is 7.89. The first-order valence-corrected chi connectivity index (χ1v) is 13.1. The van der Waals surface area contributed by atoms with E-state index < -0.39 is 15.9 Å². The standard InChI is InChI=1S/C25H27N5O4S/c31-25(20-17-26-24(27-18-20)19-6-2-1-3-7-19)28-22-16-21(8-9-23(22)29-10-4-5-11-29)35(32,33)30-12-14-34-15-13-30/h1-3,6-9,16-18H,4-5,10-15H2,(H,28,31). The average molecular weight is 494 g/mol. The van der Waals surface area contributed by atoms with Gasteiger partial charge in [-0.2, -0.15) is 4.31 Å². The van der Waals surface area contributed by atoms with Crippen LogP contribution in [0.2, 0.25) is 0 Å². The van der Waals surface area contributed by atoms with Crippen LogP contribution >= 0.6 is 0 Å². The molecule has 5 rings (SSSR count). The molecule has 0 aliphatic carbocycles. The quantitative estimate of drug-likeness (QED) is 0.563. The number of carbonyl (C=O) groups is 1. The van der Waals surface area contributed by atoms with Crippen molar-refractivity contribution in [3.8, 4) is 11.4 Å². The number of morpholine rings is 1. The Morgan fingerprint density at radius 1 is 0.914 bits per heavy atom. The van der Waals surface area contributed by atoms with E-state index in [-0.39, 0.29) is 4.90 Å². The number of hydrogen-bond acceptors (Lipinski definition) is 7. The molecule has 2 aromatic carbocycles. The number of nitrogens with one attached hydrogen (secondary N) is 1. The minimum absolute atomic E-state index is 0.147. The number of sulfonamides is 1. The van der Waals surface area contributed by atoms with Gasteiger partial charge in [0.05, 0.1) is 35.0 Å². The van der Waals surface area contributed by atoms with Gasteiger partial charge in [0.25, 0.3) is 5.91 Å². The number of amides is 1. The van der Waals surface area contributed by atoms with E-state index in [9.17, 15) is 13.2 Å². The minimum atomic E-state index is -3.70. The summed E-state index contributed by atoms with van der Waals surface area (Å²) < 4.78 is 33.2. The van der Waals surface area contributed by atoms with Crippen molar-refractivity contribution in [1.82, 2.24) is 14.3 Å². The van der Waals surface area contributed by atoms with E-state index in [0.717, 1.165) is 37.2 Å². The van der Waals surface area contributed by atoms with Gasteiger partial charge in [0.1, 0.15) is 0 Å². The zero-order valence-electron chi connectivity index (χ0n) is 19.3. The van der Waals surface area contributed by atoms with Crippen LogP contribution in [-0.2, 0) is 14.8 Å². The highest BCUT2D eigenvalue weighted by atomic mass is 32.2. The van der Waals surface area contributed by atoms with Crippen LogP contribution in [0.25, 0.3) is 11.4 Å². The molecule has 3 aromatic rings. The molecule has 10 heteroatoms. The lowest BCUT2D eigenvalue weighted by molar-refractivity contribution is 0.0730. The zero-order chi connectivity index (χ0) is 24.3. The van der Waals surface area contributed by atoms with Crippen LogP contribution < -0.4 is 10.2 Å². The second kappa shape index (κ2) is 10.1. The van der Waals surface area contributed by atoms with Gasteiger partial charge >= 0.3 is 0 Å². The molecule has 0 bridgehead atoms. The molecule has 2 aliphatic rings. The van der Waals surface area contributed by atoms with Gasteiger partial charge in [-0.25, -0.2) is 18.4 Å². The van der Waals surface area contributed by atoms with Gasteiger partial charge in [0.2, 0.25) is 10.0 Å². The van der Waals surface area contributed by atoms with Crippen molar-refractivity contribution in [3.63, 3.8) is 0 Å².